The number of aryl methyl sites for hydroxylation is 1. The number of anilines is 1. The van der Waals surface area contributed by atoms with Crippen LogP contribution < -0.4 is 16.4 Å². The lowest BCUT2D eigenvalue weighted by Gasteiger charge is -2.19. The van der Waals surface area contributed by atoms with Crippen molar-refractivity contribution in [1.29, 1.82) is 0 Å². The lowest BCUT2D eigenvalue weighted by molar-refractivity contribution is 0.253. The molecule has 0 aromatic carbocycles. The Balaban J connectivity index is 2.78. The van der Waals surface area contributed by atoms with Crippen LogP contribution >= 0.6 is 0 Å². The molecule has 78 valence electrons. The van der Waals surface area contributed by atoms with E-state index >= 15 is 0 Å². The van der Waals surface area contributed by atoms with Crippen LogP contribution in [0.3, 0.4) is 0 Å². The second kappa shape index (κ2) is 4.61. The fourth-order valence-corrected chi connectivity index (χ4v) is 1.22. The predicted molar refractivity (Wildman–Crippen MR) is 53.8 cm³/mol. The van der Waals surface area contributed by atoms with Crippen LogP contribution in [0.2, 0.25) is 0 Å². The van der Waals surface area contributed by atoms with Crippen molar-refractivity contribution in [2.45, 2.75) is 6.42 Å². The molecule has 0 aliphatic heterocycles. The van der Waals surface area contributed by atoms with E-state index in [0.29, 0.717) is 25.3 Å². The lowest BCUT2D eigenvalue weighted by atomic mass is 10.4. The van der Waals surface area contributed by atoms with Gasteiger partial charge in [-0.1, -0.05) is 0 Å². The van der Waals surface area contributed by atoms with E-state index in [4.69, 9.17) is 11.5 Å². The number of nitrogens with two attached hydrogens (primary N) is 2. The first kappa shape index (κ1) is 10.5. The minimum absolute atomic E-state index is 0.484. The Kier molecular flexibility index (Phi) is 3.47. The molecule has 1 rings (SSSR count). The van der Waals surface area contributed by atoms with Crippen LogP contribution in [0.4, 0.5) is 10.6 Å². The third-order valence-electron chi connectivity index (χ3n) is 1.92. The molecule has 1 heterocycles. The molecule has 0 fully saturated rings. The molecule has 1 aromatic heterocycles. The molecule has 0 bridgehead atoms. The average Bonchev–Trinajstić information content (AvgIpc) is 2.52. The third kappa shape index (κ3) is 2.23. The summed E-state index contributed by atoms with van der Waals surface area (Å²) in [6, 6.07) is 1.25. The number of hydrogen-bond acceptors (Lipinski definition) is 3. The van der Waals surface area contributed by atoms with Gasteiger partial charge in [-0.15, -0.1) is 0 Å². The Labute approximate surface area is 82.5 Å². The van der Waals surface area contributed by atoms with E-state index in [1.807, 2.05) is 0 Å². The summed E-state index contributed by atoms with van der Waals surface area (Å²) >= 11 is 0. The Bertz CT molecular complexity index is 308. The quantitative estimate of drug-likeness (QED) is 0.691. The first-order valence-corrected chi connectivity index (χ1v) is 4.42. The first-order chi connectivity index (χ1) is 6.66. The lowest BCUT2D eigenvalue weighted by Crippen LogP contribution is -2.38. The van der Waals surface area contributed by atoms with Crippen molar-refractivity contribution in [2.75, 3.05) is 18.0 Å². The molecule has 0 aliphatic rings. The molecule has 6 heteroatoms. The van der Waals surface area contributed by atoms with E-state index in [-0.39, 0.29) is 0 Å². The highest BCUT2D eigenvalue weighted by Gasteiger charge is 2.14. The highest BCUT2D eigenvalue weighted by Crippen LogP contribution is 2.11. The molecular formula is C8H15N5O. The molecule has 0 aliphatic carbocycles. The van der Waals surface area contributed by atoms with Gasteiger partial charge in [-0.3, -0.25) is 9.58 Å². The van der Waals surface area contributed by atoms with Crippen molar-refractivity contribution in [1.82, 2.24) is 9.78 Å². The van der Waals surface area contributed by atoms with Crippen molar-refractivity contribution < 1.29 is 4.79 Å². The largest absolute Gasteiger partial charge is 0.351 e. The third-order valence-corrected chi connectivity index (χ3v) is 1.92. The summed E-state index contributed by atoms with van der Waals surface area (Å²) in [4.78, 5) is 12.6. The number of primary amides is 1. The van der Waals surface area contributed by atoms with Crippen LogP contribution in [0.1, 0.15) is 6.42 Å². The van der Waals surface area contributed by atoms with Crippen LogP contribution in [0.15, 0.2) is 12.3 Å². The van der Waals surface area contributed by atoms with Crippen LogP contribution in [0.5, 0.6) is 0 Å². The molecule has 6 nitrogen and oxygen atoms in total. The summed E-state index contributed by atoms with van der Waals surface area (Å²) < 4.78 is 1.60. The summed E-state index contributed by atoms with van der Waals surface area (Å²) in [5, 5.41) is 3.96. The van der Waals surface area contributed by atoms with E-state index in [2.05, 4.69) is 5.10 Å². The molecule has 14 heavy (non-hydrogen) atoms. The molecule has 0 spiro atoms. The minimum atomic E-state index is -0.484. The SMILES string of the molecule is Cn1nccc1N(CCCN)C(N)=O. The zero-order valence-electron chi connectivity index (χ0n) is 8.18. The Morgan fingerprint density at radius 3 is 2.86 bits per heavy atom. The number of hydrogen-bond donors (Lipinski definition) is 2. The molecule has 0 saturated carbocycles. The zero-order chi connectivity index (χ0) is 10.6. The summed E-state index contributed by atoms with van der Waals surface area (Å²) in [5.74, 6) is 0.686. The van der Waals surface area contributed by atoms with Gasteiger partial charge in [-0.25, -0.2) is 4.79 Å². The molecule has 0 saturated heterocycles. The van der Waals surface area contributed by atoms with Gasteiger partial charge in [-0.05, 0) is 13.0 Å². The average molecular weight is 197 g/mol. The first-order valence-electron chi connectivity index (χ1n) is 4.42. The molecule has 2 amide bonds. The standard InChI is InChI=1S/C8H15N5O/c1-12-7(3-5-11-12)13(8(10)14)6-2-4-9/h3,5H,2,4,6,9H2,1H3,(H2,10,14). The van der Waals surface area contributed by atoms with Crippen molar-refractivity contribution in [3.05, 3.63) is 12.3 Å². The van der Waals surface area contributed by atoms with E-state index in [9.17, 15) is 4.79 Å². The van der Waals surface area contributed by atoms with Crippen molar-refractivity contribution in [2.24, 2.45) is 18.5 Å². The summed E-state index contributed by atoms with van der Waals surface area (Å²) in [5.41, 5.74) is 10.6. The van der Waals surface area contributed by atoms with Crippen LogP contribution in [-0.4, -0.2) is 28.9 Å². The Morgan fingerprint density at radius 1 is 1.71 bits per heavy atom. The van der Waals surface area contributed by atoms with E-state index in [1.165, 1.54) is 4.90 Å². The smallest absolute Gasteiger partial charge is 0.320 e. The van der Waals surface area contributed by atoms with Crippen LogP contribution in [0.25, 0.3) is 0 Å². The number of carbonyl (C=O) groups excluding carboxylic acids is 1. The fraction of sp³-hybridized carbons (Fsp3) is 0.500. The minimum Gasteiger partial charge on any atom is -0.351 e. The molecule has 4 N–H and O–H groups in total. The van der Waals surface area contributed by atoms with Crippen molar-refractivity contribution >= 4 is 11.8 Å². The zero-order valence-corrected chi connectivity index (χ0v) is 8.18. The number of urea groups is 1. The van der Waals surface area contributed by atoms with Gasteiger partial charge in [0.2, 0.25) is 0 Å². The van der Waals surface area contributed by atoms with E-state index < -0.39 is 6.03 Å². The Hall–Kier alpha value is -1.56. The molecule has 0 unspecified atom stereocenters. The van der Waals surface area contributed by atoms with Gasteiger partial charge in [0.05, 0.1) is 6.20 Å². The van der Waals surface area contributed by atoms with Gasteiger partial charge in [0, 0.05) is 19.7 Å². The highest BCUT2D eigenvalue weighted by molar-refractivity contribution is 5.89. The highest BCUT2D eigenvalue weighted by atomic mass is 16.2. The number of rotatable bonds is 4. The fourth-order valence-electron chi connectivity index (χ4n) is 1.22. The molecule has 1 aromatic rings. The van der Waals surface area contributed by atoms with Gasteiger partial charge >= 0.3 is 6.03 Å². The van der Waals surface area contributed by atoms with Gasteiger partial charge < -0.3 is 11.5 Å². The summed E-state index contributed by atoms with van der Waals surface area (Å²) in [6.07, 6.45) is 2.34. The molecule has 0 atom stereocenters. The molecule has 0 radical (unpaired) electrons. The van der Waals surface area contributed by atoms with Gasteiger partial charge in [0.15, 0.2) is 0 Å². The monoisotopic (exact) mass is 197 g/mol. The van der Waals surface area contributed by atoms with Gasteiger partial charge in [-0.2, -0.15) is 5.10 Å². The van der Waals surface area contributed by atoms with Crippen LogP contribution in [0, 0.1) is 0 Å². The second-order valence-corrected chi connectivity index (χ2v) is 2.95. The predicted octanol–water partition coefficient (Wildman–Crippen LogP) is -0.346. The van der Waals surface area contributed by atoms with Gasteiger partial charge in [0.25, 0.3) is 0 Å². The van der Waals surface area contributed by atoms with Crippen molar-refractivity contribution in [3.63, 3.8) is 0 Å². The van der Waals surface area contributed by atoms with Gasteiger partial charge in [0.1, 0.15) is 5.82 Å². The second-order valence-electron chi connectivity index (χ2n) is 2.95. The van der Waals surface area contributed by atoms with E-state index in [1.54, 1.807) is 24.0 Å². The summed E-state index contributed by atoms with van der Waals surface area (Å²) in [6.45, 7) is 1.05. The number of aromatic nitrogens is 2. The topological polar surface area (TPSA) is 90.2 Å². The number of amides is 2. The molecular weight excluding hydrogens is 182 g/mol. The normalized spacial score (nSPS) is 10.1. The number of nitrogens with zero attached hydrogens (tertiary/aromatic N) is 3. The van der Waals surface area contributed by atoms with Crippen LogP contribution in [-0.2, 0) is 7.05 Å². The maximum absolute atomic E-state index is 11.1. The maximum Gasteiger partial charge on any atom is 0.320 e. The Morgan fingerprint density at radius 2 is 2.43 bits per heavy atom. The summed E-state index contributed by atoms with van der Waals surface area (Å²) in [7, 11) is 1.76. The van der Waals surface area contributed by atoms with E-state index in [0.717, 1.165) is 0 Å². The maximum atomic E-state index is 11.1. The van der Waals surface area contributed by atoms with Crippen molar-refractivity contribution in [3.8, 4) is 0 Å². The number of carbonyl (C=O) groups is 1.